The molecule has 1 aromatic carbocycles. The maximum Gasteiger partial charge on any atom is 0.409 e. The van der Waals surface area contributed by atoms with Gasteiger partial charge in [-0.15, -0.1) is 0 Å². The van der Waals surface area contributed by atoms with Crippen LogP contribution < -0.4 is 5.32 Å². The predicted molar refractivity (Wildman–Crippen MR) is 95.8 cm³/mol. The van der Waals surface area contributed by atoms with E-state index in [1.807, 2.05) is 24.3 Å². The van der Waals surface area contributed by atoms with E-state index in [0.717, 1.165) is 18.4 Å². The number of ether oxygens (including phenoxy) is 2. The Balaban J connectivity index is 1.99. The van der Waals surface area contributed by atoms with Crippen molar-refractivity contribution in [3.63, 3.8) is 0 Å². The van der Waals surface area contributed by atoms with Crippen molar-refractivity contribution in [1.29, 1.82) is 0 Å². The average Bonchev–Trinajstić information content (AvgIpc) is 2.61. The molecule has 0 aromatic heterocycles. The Kier molecular flexibility index (Phi) is 7.08. The van der Waals surface area contributed by atoms with Crippen LogP contribution in [-0.2, 0) is 19.7 Å². The smallest absolute Gasteiger partial charge is 0.409 e. The first-order valence-corrected chi connectivity index (χ1v) is 8.83. The molecule has 2 amide bonds. The summed E-state index contributed by atoms with van der Waals surface area (Å²) in [5, 5.41) is 3.64. The van der Waals surface area contributed by atoms with E-state index in [2.05, 4.69) is 5.32 Å². The molecule has 1 aliphatic heterocycles. The van der Waals surface area contributed by atoms with Crippen LogP contribution in [-0.4, -0.2) is 56.9 Å². The monoisotopic (exact) mass is 368 g/mol. The number of halogens is 1. The van der Waals surface area contributed by atoms with Gasteiger partial charge in [0.25, 0.3) is 0 Å². The average molecular weight is 369 g/mol. The van der Waals surface area contributed by atoms with Crippen LogP contribution >= 0.6 is 11.6 Å². The molecule has 0 atom stereocenters. The van der Waals surface area contributed by atoms with Crippen molar-refractivity contribution in [2.75, 3.05) is 40.0 Å². The van der Waals surface area contributed by atoms with Crippen LogP contribution in [0.3, 0.4) is 0 Å². The molecule has 1 N–H and O–H groups in total. The number of benzene rings is 1. The van der Waals surface area contributed by atoms with Gasteiger partial charge in [-0.25, -0.2) is 4.79 Å². The van der Waals surface area contributed by atoms with Crippen LogP contribution in [0.2, 0.25) is 5.02 Å². The van der Waals surface area contributed by atoms with Gasteiger partial charge in [-0.1, -0.05) is 23.7 Å². The van der Waals surface area contributed by atoms with Gasteiger partial charge >= 0.3 is 6.09 Å². The molecule has 1 saturated heterocycles. The Labute approximate surface area is 153 Å². The summed E-state index contributed by atoms with van der Waals surface area (Å²) in [6.45, 7) is 3.78. The van der Waals surface area contributed by atoms with Crippen molar-refractivity contribution in [2.24, 2.45) is 0 Å². The maximum absolute atomic E-state index is 12.2. The van der Waals surface area contributed by atoms with Gasteiger partial charge in [-0.05, 0) is 37.5 Å². The zero-order valence-corrected chi connectivity index (χ0v) is 15.5. The van der Waals surface area contributed by atoms with E-state index in [4.69, 9.17) is 21.1 Å². The van der Waals surface area contributed by atoms with E-state index in [9.17, 15) is 9.59 Å². The van der Waals surface area contributed by atoms with Gasteiger partial charge in [-0.2, -0.15) is 0 Å². The van der Waals surface area contributed by atoms with Gasteiger partial charge in [0.15, 0.2) is 0 Å². The van der Waals surface area contributed by atoms with Gasteiger partial charge in [0.05, 0.1) is 6.61 Å². The molecule has 0 unspecified atom stereocenters. The van der Waals surface area contributed by atoms with E-state index in [-0.39, 0.29) is 24.5 Å². The highest BCUT2D eigenvalue weighted by molar-refractivity contribution is 6.30. The quantitative estimate of drug-likeness (QED) is 0.838. The molecule has 0 saturated carbocycles. The first-order valence-electron chi connectivity index (χ1n) is 8.45. The van der Waals surface area contributed by atoms with Crippen molar-refractivity contribution < 1.29 is 19.1 Å². The number of hydrogen-bond donors (Lipinski definition) is 1. The first kappa shape index (κ1) is 19.5. The zero-order valence-electron chi connectivity index (χ0n) is 14.7. The van der Waals surface area contributed by atoms with Crippen LogP contribution in [0.15, 0.2) is 24.3 Å². The molecular weight excluding hydrogens is 344 g/mol. The Morgan fingerprint density at radius 2 is 1.92 bits per heavy atom. The third-order valence-corrected chi connectivity index (χ3v) is 4.74. The van der Waals surface area contributed by atoms with E-state index in [0.29, 0.717) is 24.8 Å². The molecule has 0 aliphatic carbocycles. The zero-order chi connectivity index (χ0) is 18.3. The summed E-state index contributed by atoms with van der Waals surface area (Å²) in [6.07, 6.45) is 1.14. The highest BCUT2D eigenvalue weighted by Crippen LogP contribution is 2.34. The van der Waals surface area contributed by atoms with Gasteiger partial charge in [0, 0.05) is 37.2 Å². The lowest BCUT2D eigenvalue weighted by Gasteiger charge is -2.38. The topological polar surface area (TPSA) is 67.9 Å². The minimum Gasteiger partial charge on any atom is -0.450 e. The lowest BCUT2D eigenvalue weighted by Crippen LogP contribution is -2.47. The molecule has 7 heteroatoms. The molecule has 1 heterocycles. The number of carbonyl (C=O) groups is 2. The van der Waals surface area contributed by atoms with Crippen LogP contribution in [0, 0.1) is 0 Å². The van der Waals surface area contributed by atoms with Crippen LogP contribution in [0.25, 0.3) is 0 Å². The van der Waals surface area contributed by atoms with E-state index in [1.54, 1.807) is 14.0 Å². The molecule has 25 heavy (non-hydrogen) atoms. The highest BCUT2D eigenvalue weighted by Gasteiger charge is 2.35. The van der Waals surface area contributed by atoms with Gasteiger partial charge in [-0.3, -0.25) is 4.79 Å². The third kappa shape index (κ3) is 5.34. The summed E-state index contributed by atoms with van der Waals surface area (Å²) < 4.78 is 10.4. The molecule has 2 rings (SSSR count). The number of carbonyl (C=O) groups excluding carboxylic acids is 2. The SMILES string of the molecule is CCOC(=O)N(C)CC(=O)NCC1(c2ccc(Cl)cc2)CCOCC1. The fourth-order valence-electron chi connectivity index (χ4n) is 2.97. The van der Waals surface area contributed by atoms with E-state index < -0.39 is 6.09 Å². The molecule has 1 aromatic rings. The second-order valence-electron chi connectivity index (χ2n) is 6.23. The lowest BCUT2D eigenvalue weighted by atomic mass is 9.74. The Morgan fingerprint density at radius 3 is 2.52 bits per heavy atom. The van der Waals surface area contributed by atoms with Gasteiger partial charge in [0.1, 0.15) is 6.54 Å². The number of rotatable bonds is 6. The van der Waals surface area contributed by atoms with Crippen molar-refractivity contribution in [3.05, 3.63) is 34.9 Å². The number of hydrogen-bond acceptors (Lipinski definition) is 4. The second-order valence-corrected chi connectivity index (χ2v) is 6.67. The molecule has 6 nitrogen and oxygen atoms in total. The molecule has 0 bridgehead atoms. The number of nitrogens with zero attached hydrogens (tertiary/aromatic N) is 1. The summed E-state index contributed by atoms with van der Waals surface area (Å²) >= 11 is 5.99. The first-order chi connectivity index (χ1) is 12.0. The van der Waals surface area contributed by atoms with Crippen molar-refractivity contribution in [1.82, 2.24) is 10.2 Å². The van der Waals surface area contributed by atoms with E-state index in [1.165, 1.54) is 4.90 Å². The van der Waals surface area contributed by atoms with Crippen molar-refractivity contribution in [2.45, 2.75) is 25.2 Å². The second kappa shape index (κ2) is 9.06. The molecular formula is C18H25ClN2O4. The molecule has 138 valence electrons. The summed E-state index contributed by atoms with van der Waals surface area (Å²) in [5.41, 5.74) is 0.959. The number of amides is 2. The van der Waals surface area contributed by atoms with Crippen molar-refractivity contribution >= 4 is 23.6 Å². The molecule has 1 aliphatic rings. The van der Waals surface area contributed by atoms with Crippen molar-refractivity contribution in [3.8, 4) is 0 Å². The largest absolute Gasteiger partial charge is 0.450 e. The summed E-state index contributed by atoms with van der Waals surface area (Å²) in [6, 6.07) is 7.74. The summed E-state index contributed by atoms with van der Waals surface area (Å²) in [4.78, 5) is 25.1. The Bertz CT molecular complexity index is 585. The van der Waals surface area contributed by atoms with E-state index >= 15 is 0 Å². The minimum atomic E-state index is -0.504. The molecule has 1 fully saturated rings. The maximum atomic E-state index is 12.2. The summed E-state index contributed by atoms with van der Waals surface area (Å²) in [5.74, 6) is -0.213. The van der Waals surface area contributed by atoms with Gasteiger partial charge in [0.2, 0.25) is 5.91 Å². The predicted octanol–water partition coefficient (Wildman–Crippen LogP) is 2.59. The van der Waals surface area contributed by atoms with Crippen LogP contribution in [0.1, 0.15) is 25.3 Å². The standard InChI is InChI=1S/C18H25ClN2O4/c1-3-25-17(23)21(2)12-16(22)20-13-18(8-10-24-11-9-18)14-4-6-15(19)7-5-14/h4-7H,3,8-13H2,1-2H3,(H,20,22). The third-order valence-electron chi connectivity index (χ3n) is 4.49. The number of nitrogens with one attached hydrogen (secondary N) is 1. The number of likely N-dealkylation sites (N-methyl/N-ethyl adjacent to an activating group) is 1. The fraction of sp³-hybridized carbons (Fsp3) is 0.556. The highest BCUT2D eigenvalue weighted by atomic mass is 35.5. The Hall–Kier alpha value is -1.79. The molecule has 0 radical (unpaired) electrons. The summed E-state index contributed by atoms with van der Waals surface area (Å²) in [7, 11) is 1.54. The fourth-order valence-corrected chi connectivity index (χ4v) is 3.10. The normalized spacial score (nSPS) is 16.1. The Morgan fingerprint density at radius 1 is 1.28 bits per heavy atom. The minimum absolute atomic E-state index is 0.0357. The van der Waals surface area contributed by atoms with Crippen LogP contribution in [0.5, 0.6) is 0 Å². The van der Waals surface area contributed by atoms with Crippen LogP contribution in [0.4, 0.5) is 4.79 Å². The van der Waals surface area contributed by atoms with Gasteiger partial charge < -0.3 is 19.7 Å². The molecule has 0 spiro atoms. The lowest BCUT2D eigenvalue weighted by molar-refractivity contribution is -0.122.